The molecule has 0 saturated carbocycles. The van der Waals surface area contributed by atoms with E-state index in [2.05, 4.69) is 19.2 Å². The normalized spacial score (nSPS) is 18.2. The molecule has 0 bridgehead atoms. The summed E-state index contributed by atoms with van der Waals surface area (Å²) in [6.07, 6.45) is 4.53. The summed E-state index contributed by atoms with van der Waals surface area (Å²) < 4.78 is 0. The van der Waals surface area contributed by atoms with Crippen molar-refractivity contribution in [3.63, 3.8) is 0 Å². The van der Waals surface area contributed by atoms with Gasteiger partial charge in [0.1, 0.15) is 5.82 Å². The lowest BCUT2D eigenvalue weighted by Crippen LogP contribution is -2.29. The van der Waals surface area contributed by atoms with E-state index < -0.39 is 0 Å². The van der Waals surface area contributed by atoms with E-state index in [9.17, 15) is 4.79 Å². The Morgan fingerprint density at radius 1 is 1.17 bits per heavy atom. The van der Waals surface area contributed by atoms with Crippen molar-refractivity contribution < 1.29 is 4.79 Å². The van der Waals surface area contributed by atoms with Crippen LogP contribution in [0.3, 0.4) is 0 Å². The molecule has 0 aliphatic heterocycles. The van der Waals surface area contributed by atoms with Crippen LogP contribution in [0.5, 0.6) is 0 Å². The zero-order valence-corrected chi connectivity index (χ0v) is 14.8. The maximum atomic E-state index is 12.7. The molecule has 0 fully saturated rings. The van der Waals surface area contributed by atoms with E-state index in [1.54, 1.807) is 0 Å². The number of halogens is 1. The van der Waals surface area contributed by atoms with Crippen LogP contribution in [-0.4, -0.2) is 10.8 Å². The number of ketones is 1. The van der Waals surface area contributed by atoms with Gasteiger partial charge < -0.3 is 5.32 Å². The van der Waals surface area contributed by atoms with Crippen LogP contribution in [-0.2, 0) is 19.3 Å². The summed E-state index contributed by atoms with van der Waals surface area (Å²) in [5, 5.41) is 4.13. The second-order valence-electron chi connectivity index (χ2n) is 7.67. The Labute approximate surface area is 147 Å². The van der Waals surface area contributed by atoms with Crippen molar-refractivity contribution >= 4 is 28.9 Å². The number of nitrogens with zero attached hydrogens (tertiary/aromatic N) is 1. The average Bonchev–Trinajstić information content (AvgIpc) is 2.95. The molecule has 1 aromatic carbocycles. The molecule has 4 heteroatoms. The van der Waals surface area contributed by atoms with Gasteiger partial charge in [0, 0.05) is 22.7 Å². The summed E-state index contributed by atoms with van der Waals surface area (Å²) in [7, 11) is 0. The van der Waals surface area contributed by atoms with E-state index in [1.165, 1.54) is 11.1 Å². The van der Waals surface area contributed by atoms with Gasteiger partial charge >= 0.3 is 0 Å². The van der Waals surface area contributed by atoms with Gasteiger partial charge in [-0.1, -0.05) is 31.5 Å². The fraction of sp³-hybridized carbons (Fsp3) is 0.400. The molecule has 4 rings (SSSR count). The van der Waals surface area contributed by atoms with Crippen molar-refractivity contribution in [1.29, 1.82) is 0 Å². The zero-order chi connectivity index (χ0) is 16.9. The maximum absolute atomic E-state index is 12.7. The number of rotatable bonds is 2. The zero-order valence-electron chi connectivity index (χ0n) is 14.1. The molecule has 24 heavy (non-hydrogen) atoms. The predicted molar refractivity (Wildman–Crippen MR) is 97.4 cm³/mol. The van der Waals surface area contributed by atoms with Crippen molar-refractivity contribution in [3.05, 3.63) is 51.7 Å². The van der Waals surface area contributed by atoms with Gasteiger partial charge in [0.15, 0.2) is 5.78 Å². The third kappa shape index (κ3) is 2.71. The van der Waals surface area contributed by atoms with Crippen LogP contribution < -0.4 is 5.32 Å². The molecular weight excluding hydrogens is 320 g/mol. The summed E-state index contributed by atoms with van der Waals surface area (Å²) in [5.41, 5.74) is 5.23. The number of hydrogen-bond donors (Lipinski definition) is 1. The van der Waals surface area contributed by atoms with Crippen LogP contribution >= 0.6 is 11.6 Å². The van der Waals surface area contributed by atoms with Gasteiger partial charge in [0.25, 0.3) is 0 Å². The monoisotopic (exact) mass is 340 g/mol. The van der Waals surface area contributed by atoms with Crippen LogP contribution in [0.4, 0.5) is 11.5 Å². The first kappa shape index (κ1) is 15.6. The smallest absolute Gasteiger partial charge is 0.165 e. The molecule has 0 amide bonds. The lowest BCUT2D eigenvalue weighted by molar-refractivity contribution is 0.0909. The van der Waals surface area contributed by atoms with Gasteiger partial charge in [0.2, 0.25) is 0 Å². The van der Waals surface area contributed by atoms with E-state index in [4.69, 9.17) is 16.6 Å². The number of nitrogens with one attached hydrogen (secondary N) is 1. The average molecular weight is 341 g/mol. The molecule has 1 heterocycles. The molecule has 0 saturated heterocycles. The van der Waals surface area contributed by atoms with Crippen LogP contribution in [0.25, 0.3) is 0 Å². The van der Waals surface area contributed by atoms with Crippen LogP contribution in [0, 0.1) is 5.41 Å². The highest BCUT2D eigenvalue weighted by Gasteiger charge is 2.36. The minimum atomic E-state index is -0.0166. The summed E-state index contributed by atoms with van der Waals surface area (Å²) in [5.74, 6) is 1.16. The van der Waals surface area contributed by atoms with Gasteiger partial charge in [-0.15, -0.1) is 0 Å². The highest BCUT2D eigenvalue weighted by atomic mass is 35.5. The second kappa shape index (κ2) is 5.59. The van der Waals surface area contributed by atoms with Crippen molar-refractivity contribution in [2.24, 2.45) is 5.41 Å². The van der Waals surface area contributed by atoms with Crippen LogP contribution in [0.1, 0.15) is 53.9 Å². The molecule has 0 radical (unpaired) electrons. The van der Waals surface area contributed by atoms with Gasteiger partial charge in [-0.25, -0.2) is 4.98 Å². The third-order valence-corrected chi connectivity index (χ3v) is 5.23. The van der Waals surface area contributed by atoms with Crippen molar-refractivity contribution in [2.45, 2.75) is 46.0 Å². The van der Waals surface area contributed by atoms with Gasteiger partial charge in [-0.2, -0.15) is 0 Å². The third-order valence-electron chi connectivity index (χ3n) is 4.99. The van der Waals surface area contributed by atoms with E-state index in [0.717, 1.165) is 48.4 Å². The number of fused-ring (bicyclic) bond motifs is 3. The van der Waals surface area contributed by atoms with Gasteiger partial charge in [0.05, 0.1) is 5.69 Å². The SMILES string of the molecule is CC1(C)CC(=O)c2c(nc(Nc3cccc(Cl)c3)c3c2CCC3)C1. The standard InChI is InChI=1S/C20H21ClN2O/c1-20(2)10-16-18(17(24)11-20)14-7-4-8-15(14)19(23-16)22-13-6-3-5-12(21)9-13/h3,5-6,9H,4,7-8,10-11H2,1-2H3,(H,22,23). The Morgan fingerprint density at radius 2 is 1.96 bits per heavy atom. The Morgan fingerprint density at radius 3 is 2.75 bits per heavy atom. The van der Waals surface area contributed by atoms with E-state index >= 15 is 0 Å². The molecule has 2 aliphatic rings. The minimum Gasteiger partial charge on any atom is -0.340 e. The lowest BCUT2D eigenvalue weighted by Gasteiger charge is -2.31. The summed E-state index contributed by atoms with van der Waals surface area (Å²) in [4.78, 5) is 17.6. The fourth-order valence-electron chi connectivity index (χ4n) is 4.02. The number of Topliss-reactive ketones (excluding diaryl/α,β-unsaturated/α-hetero) is 1. The molecular formula is C20H21ClN2O. The Hall–Kier alpha value is -1.87. The molecule has 3 nitrogen and oxygen atoms in total. The molecule has 124 valence electrons. The topological polar surface area (TPSA) is 42.0 Å². The van der Waals surface area contributed by atoms with Crippen molar-refractivity contribution in [3.8, 4) is 0 Å². The fourth-order valence-corrected chi connectivity index (χ4v) is 4.21. The molecule has 1 aromatic heterocycles. The molecule has 0 spiro atoms. The quantitative estimate of drug-likeness (QED) is 0.824. The number of pyridine rings is 1. The highest BCUT2D eigenvalue weighted by molar-refractivity contribution is 6.30. The second-order valence-corrected chi connectivity index (χ2v) is 8.11. The largest absolute Gasteiger partial charge is 0.340 e. The molecule has 2 aromatic rings. The van der Waals surface area contributed by atoms with Gasteiger partial charge in [-0.05, 0) is 60.4 Å². The van der Waals surface area contributed by atoms with Crippen molar-refractivity contribution in [1.82, 2.24) is 4.98 Å². The Kier molecular flexibility index (Phi) is 3.65. The lowest BCUT2D eigenvalue weighted by atomic mass is 9.74. The van der Waals surface area contributed by atoms with E-state index in [0.29, 0.717) is 11.4 Å². The van der Waals surface area contributed by atoms with E-state index in [-0.39, 0.29) is 11.2 Å². The first-order chi connectivity index (χ1) is 11.4. The molecule has 0 atom stereocenters. The minimum absolute atomic E-state index is 0.0166. The maximum Gasteiger partial charge on any atom is 0.165 e. The Balaban J connectivity index is 1.82. The highest BCUT2D eigenvalue weighted by Crippen LogP contribution is 2.41. The number of aromatic nitrogens is 1. The molecule has 0 unspecified atom stereocenters. The molecule has 1 N–H and O–H groups in total. The van der Waals surface area contributed by atoms with Crippen molar-refractivity contribution in [2.75, 3.05) is 5.32 Å². The number of carbonyl (C=O) groups is 1. The number of carbonyl (C=O) groups excluding carboxylic acids is 1. The van der Waals surface area contributed by atoms with Crippen LogP contribution in [0.2, 0.25) is 5.02 Å². The first-order valence-corrected chi connectivity index (χ1v) is 8.91. The first-order valence-electron chi connectivity index (χ1n) is 8.53. The predicted octanol–water partition coefficient (Wildman–Crippen LogP) is 5.12. The number of benzene rings is 1. The summed E-state index contributed by atoms with van der Waals surface area (Å²) in [6, 6.07) is 7.68. The van der Waals surface area contributed by atoms with E-state index in [1.807, 2.05) is 24.3 Å². The Bertz CT molecular complexity index is 842. The summed E-state index contributed by atoms with van der Waals surface area (Å²) in [6.45, 7) is 4.29. The number of anilines is 2. The summed E-state index contributed by atoms with van der Waals surface area (Å²) >= 11 is 6.10. The number of hydrogen-bond acceptors (Lipinski definition) is 3. The van der Waals surface area contributed by atoms with Crippen LogP contribution in [0.15, 0.2) is 24.3 Å². The molecule has 2 aliphatic carbocycles. The van der Waals surface area contributed by atoms with Gasteiger partial charge in [-0.3, -0.25) is 4.79 Å².